The summed E-state index contributed by atoms with van der Waals surface area (Å²) in [6.45, 7) is 2.51. The number of rotatable bonds is 3. The molecule has 0 N–H and O–H groups in total. The van der Waals surface area contributed by atoms with Gasteiger partial charge in [-0.2, -0.15) is 0 Å². The topological polar surface area (TPSA) is 35.5 Å². The molecule has 0 aliphatic carbocycles. The lowest BCUT2D eigenvalue weighted by molar-refractivity contribution is 0.0606. The van der Waals surface area contributed by atoms with E-state index in [1.54, 1.807) is 12.1 Å². The minimum atomic E-state index is -0.314. The average molecular weight is 186 g/mol. The summed E-state index contributed by atoms with van der Waals surface area (Å²) in [5.74, 6) is -0.314. The molecule has 0 fully saturated rings. The summed E-state index contributed by atoms with van der Waals surface area (Å²) in [6.07, 6.45) is 0. The van der Waals surface area contributed by atoms with Crippen molar-refractivity contribution in [2.75, 3.05) is 13.7 Å². The number of methoxy groups -OCH3 is 1. The molecule has 0 aliphatic rings. The van der Waals surface area contributed by atoms with Gasteiger partial charge >= 0.3 is 5.97 Å². The Morgan fingerprint density at radius 3 is 2.92 bits per heavy atom. The number of ether oxygens (including phenoxy) is 2. The predicted molar refractivity (Wildman–Crippen MR) is 46.8 cm³/mol. The van der Waals surface area contributed by atoms with Crippen LogP contribution in [0.1, 0.15) is 16.6 Å². The third kappa shape index (κ3) is 1.98. The molecule has 0 bridgehead atoms. The van der Waals surface area contributed by atoms with E-state index in [1.807, 2.05) is 6.92 Å². The first-order valence-electron chi connectivity index (χ1n) is 3.59. The van der Waals surface area contributed by atoms with Crippen LogP contribution in [0.15, 0.2) is 12.1 Å². The lowest BCUT2D eigenvalue weighted by atomic mass is 10.5. The van der Waals surface area contributed by atoms with Gasteiger partial charge in [0.15, 0.2) is 5.06 Å². The summed E-state index contributed by atoms with van der Waals surface area (Å²) in [5, 5.41) is 0.748. The van der Waals surface area contributed by atoms with E-state index in [-0.39, 0.29) is 5.97 Å². The fourth-order valence-electron chi connectivity index (χ4n) is 0.750. The summed E-state index contributed by atoms with van der Waals surface area (Å²) in [5.41, 5.74) is 0. The van der Waals surface area contributed by atoms with Gasteiger partial charge in [-0.05, 0) is 19.1 Å². The van der Waals surface area contributed by atoms with Crippen molar-refractivity contribution in [1.82, 2.24) is 0 Å². The first kappa shape index (κ1) is 9.06. The van der Waals surface area contributed by atoms with Crippen molar-refractivity contribution < 1.29 is 14.3 Å². The van der Waals surface area contributed by atoms with Gasteiger partial charge < -0.3 is 9.47 Å². The van der Waals surface area contributed by atoms with Gasteiger partial charge in [-0.1, -0.05) is 11.3 Å². The van der Waals surface area contributed by atoms with Crippen molar-refractivity contribution in [2.24, 2.45) is 0 Å². The first-order valence-corrected chi connectivity index (χ1v) is 4.40. The number of thiophene rings is 1. The van der Waals surface area contributed by atoms with Gasteiger partial charge in [0.05, 0.1) is 13.7 Å². The van der Waals surface area contributed by atoms with Crippen molar-refractivity contribution in [1.29, 1.82) is 0 Å². The van der Waals surface area contributed by atoms with Crippen LogP contribution in [-0.4, -0.2) is 19.7 Å². The Labute approximate surface area is 74.9 Å². The van der Waals surface area contributed by atoms with Crippen molar-refractivity contribution in [3.63, 3.8) is 0 Å². The summed E-state index contributed by atoms with van der Waals surface area (Å²) in [7, 11) is 1.36. The Hall–Kier alpha value is -1.03. The zero-order chi connectivity index (χ0) is 8.97. The Bertz CT molecular complexity index is 267. The molecular weight excluding hydrogens is 176 g/mol. The Balaban J connectivity index is 2.70. The van der Waals surface area contributed by atoms with Crippen LogP contribution >= 0.6 is 11.3 Å². The van der Waals surface area contributed by atoms with Gasteiger partial charge in [-0.15, -0.1) is 0 Å². The molecule has 0 saturated heterocycles. The van der Waals surface area contributed by atoms with Crippen LogP contribution in [0.4, 0.5) is 0 Å². The van der Waals surface area contributed by atoms with Crippen LogP contribution < -0.4 is 4.74 Å². The maximum Gasteiger partial charge on any atom is 0.348 e. The molecular formula is C8H10O3S. The van der Waals surface area contributed by atoms with Gasteiger partial charge in [0, 0.05) is 0 Å². The SMILES string of the molecule is CCOc1ccc(C(=O)OC)s1. The van der Waals surface area contributed by atoms with E-state index in [2.05, 4.69) is 4.74 Å². The van der Waals surface area contributed by atoms with Gasteiger partial charge in [0.1, 0.15) is 4.88 Å². The highest BCUT2D eigenvalue weighted by atomic mass is 32.1. The van der Waals surface area contributed by atoms with Crippen LogP contribution in [0.5, 0.6) is 5.06 Å². The second kappa shape index (κ2) is 4.11. The molecule has 0 unspecified atom stereocenters. The van der Waals surface area contributed by atoms with Crippen molar-refractivity contribution in [3.05, 3.63) is 17.0 Å². The average Bonchev–Trinajstić information content (AvgIpc) is 2.52. The molecule has 0 aromatic carbocycles. The molecule has 0 atom stereocenters. The Morgan fingerprint density at radius 2 is 2.33 bits per heavy atom. The summed E-state index contributed by atoms with van der Waals surface area (Å²) in [6, 6.07) is 3.46. The zero-order valence-corrected chi connectivity index (χ0v) is 7.81. The lowest BCUT2D eigenvalue weighted by Gasteiger charge is -1.95. The second-order valence-corrected chi connectivity index (χ2v) is 3.09. The molecule has 12 heavy (non-hydrogen) atoms. The van der Waals surface area contributed by atoms with E-state index < -0.39 is 0 Å². The van der Waals surface area contributed by atoms with Crippen LogP contribution in [0.2, 0.25) is 0 Å². The summed E-state index contributed by atoms with van der Waals surface area (Å²) in [4.78, 5) is 11.5. The minimum absolute atomic E-state index is 0.314. The number of esters is 1. The summed E-state index contributed by atoms with van der Waals surface area (Å²) < 4.78 is 9.74. The highest BCUT2D eigenvalue weighted by molar-refractivity contribution is 7.15. The highest BCUT2D eigenvalue weighted by Gasteiger charge is 2.08. The standard InChI is InChI=1S/C8H10O3S/c1-3-11-7-5-4-6(12-7)8(9)10-2/h4-5H,3H2,1-2H3. The van der Waals surface area contributed by atoms with E-state index in [9.17, 15) is 4.79 Å². The third-order valence-electron chi connectivity index (χ3n) is 1.25. The molecule has 0 aliphatic heterocycles. The first-order chi connectivity index (χ1) is 5.77. The minimum Gasteiger partial charge on any atom is -0.484 e. The van der Waals surface area contributed by atoms with Gasteiger partial charge in [0.25, 0.3) is 0 Å². The normalized spacial score (nSPS) is 9.50. The molecule has 3 nitrogen and oxygen atoms in total. The second-order valence-electron chi connectivity index (χ2n) is 2.04. The van der Waals surface area contributed by atoms with Gasteiger partial charge in [-0.25, -0.2) is 4.79 Å². The van der Waals surface area contributed by atoms with E-state index in [1.165, 1.54) is 18.4 Å². The fourth-order valence-corrected chi connectivity index (χ4v) is 1.58. The summed E-state index contributed by atoms with van der Waals surface area (Å²) >= 11 is 1.29. The van der Waals surface area contributed by atoms with Crippen LogP contribution in [-0.2, 0) is 4.74 Å². The molecule has 0 amide bonds. The molecule has 1 heterocycles. The van der Waals surface area contributed by atoms with E-state index >= 15 is 0 Å². The largest absolute Gasteiger partial charge is 0.484 e. The number of hydrogen-bond donors (Lipinski definition) is 0. The molecule has 0 radical (unpaired) electrons. The molecule has 1 aromatic rings. The molecule has 0 saturated carbocycles. The van der Waals surface area contributed by atoms with Crippen LogP contribution in [0, 0.1) is 0 Å². The lowest BCUT2D eigenvalue weighted by Crippen LogP contribution is -1.96. The third-order valence-corrected chi connectivity index (χ3v) is 2.23. The van der Waals surface area contributed by atoms with E-state index in [4.69, 9.17) is 4.74 Å². The molecule has 1 aromatic heterocycles. The number of carbonyl (C=O) groups is 1. The monoisotopic (exact) mass is 186 g/mol. The van der Waals surface area contributed by atoms with E-state index in [0.717, 1.165) is 5.06 Å². The maximum atomic E-state index is 11.0. The fraction of sp³-hybridized carbons (Fsp3) is 0.375. The predicted octanol–water partition coefficient (Wildman–Crippen LogP) is 1.93. The zero-order valence-electron chi connectivity index (χ0n) is 6.99. The Morgan fingerprint density at radius 1 is 1.58 bits per heavy atom. The molecule has 0 spiro atoms. The van der Waals surface area contributed by atoms with Gasteiger partial charge in [-0.3, -0.25) is 0 Å². The van der Waals surface area contributed by atoms with E-state index in [0.29, 0.717) is 11.5 Å². The smallest absolute Gasteiger partial charge is 0.348 e. The van der Waals surface area contributed by atoms with Gasteiger partial charge in [0.2, 0.25) is 0 Å². The molecule has 66 valence electrons. The highest BCUT2D eigenvalue weighted by Crippen LogP contribution is 2.24. The maximum absolute atomic E-state index is 11.0. The van der Waals surface area contributed by atoms with Crippen LogP contribution in [0.3, 0.4) is 0 Å². The van der Waals surface area contributed by atoms with Crippen molar-refractivity contribution in [2.45, 2.75) is 6.92 Å². The van der Waals surface area contributed by atoms with Crippen molar-refractivity contribution >= 4 is 17.3 Å². The quantitative estimate of drug-likeness (QED) is 0.677. The van der Waals surface area contributed by atoms with Crippen LogP contribution in [0.25, 0.3) is 0 Å². The molecule has 4 heteroatoms. The number of carbonyl (C=O) groups excluding carboxylic acids is 1. The number of hydrogen-bond acceptors (Lipinski definition) is 4. The Kier molecular flexibility index (Phi) is 3.10. The van der Waals surface area contributed by atoms with Crippen molar-refractivity contribution in [3.8, 4) is 5.06 Å². The molecule has 1 rings (SSSR count).